The Morgan fingerprint density at radius 2 is 1.65 bits per heavy atom. The molecular weight excluding hydrogens is 388 g/mol. The summed E-state index contributed by atoms with van der Waals surface area (Å²) < 4.78 is 1.92. The summed E-state index contributed by atoms with van der Waals surface area (Å²) in [5.41, 5.74) is 8.25. The van der Waals surface area contributed by atoms with Gasteiger partial charge in [-0.2, -0.15) is 0 Å². The maximum Gasteiger partial charge on any atom is 0.269 e. The maximum atomic E-state index is 10.6. The van der Waals surface area contributed by atoms with E-state index in [4.69, 9.17) is 5.73 Å². The number of hydrogen-bond acceptors (Lipinski definition) is 3. The van der Waals surface area contributed by atoms with Gasteiger partial charge in [0.1, 0.15) is 0 Å². The van der Waals surface area contributed by atoms with Crippen molar-refractivity contribution in [2.75, 3.05) is 0 Å². The van der Waals surface area contributed by atoms with Crippen molar-refractivity contribution in [3.63, 3.8) is 0 Å². The fourth-order valence-electron chi connectivity index (χ4n) is 1.91. The Labute approximate surface area is 133 Å². The first-order valence-corrected chi connectivity index (χ1v) is 7.49. The highest BCUT2D eigenvalue weighted by Crippen LogP contribution is 2.25. The van der Waals surface area contributed by atoms with E-state index < -0.39 is 4.92 Å². The minimum atomic E-state index is -0.408. The fourth-order valence-corrected chi connectivity index (χ4v) is 3.24. The van der Waals surface area contributed by atoms with Gasteiger partial charge in [-0.3, -0.25) is 10.1 Å². The molecule has 6 heteroatoms. The molecule has 0 aromatic heterocycles. The minimum Gasteiger partial charge on any atom is -0.324 e. The largest absolute Gasteiger partial charge is 0.324 e. The predicted octanol–water partition coefficient (Wildman–Crippen LogP) is 4.36. The van der Waals surface area contributed by atoms with Gasteiger partial charge >= 0.3 is 0 Å². The lowest BCUT2D eigenvalue weighted by Gasteiger charge is -2.13. The van der Waals surface area contributed by atoms with Gasteiger partial charge in [0.25, 0.3) is 5.69 Å². The van der Waals surface area contributed by atoms with Gasteiger partial charge in [-0.1, -0.05) is 44.0 Å². The van der Waals surface area contributed by atoms with Crippen LogP contribution in [0, 0.1) is 10.1 Å². The van der Waals surface area contributed by atoms with E-state index in [9.17, 15) is 10.1 Å². The van der Waals surface area contributed by atoms with Gasteiger partial charge in [-0.05, 0) is 35.7 Å². The molecule has 0 fully saturated rings. The lowest BCUT2D eigenvalue weighted by atomic mass is 10.00. The summed E-state index contributed by atoms with van der Waals surface area (Å²) in [6.45, 7) is 0. The number of non-ortho nitro benzene ring substituents is 1. The Hall–Kier alpha value is -1.24. The van der Waals surface area contributed by atoms with E-state index in [1.807, 2.05) is 18.2 Å². The summed E-state index contributed by atoms with van der Waals surface area (Å²) in [6, 6.07) is 12.2. The molecule has 0 aliphatic heterocycles. The zero-order chi connectivity index (χ0) is 14.7. The third-order valence-corrected chi connectivity index (χ3v) is 3.83. The Morgan fingerprint density at radius 3 is 2.15 bits per heavy atom. The van der Waals surface area contributed by atoms with Crippen molar-refractivity contribution in [2.24, 2.45) is 5.73 Å². The lowest BCUT2D eigenvalue weighted by Crippen LogP contribution is -2.13. The van der Waals surface area contributed by atoms with Crippen LogP contribution in [0.1, 0.15) is 17.2 Å². The molecule has 2 rings (SSSR count). The average molecular weight is 400 g/mol. The van der Waals surface area contributed by atoms with Crippen molar-refractivity contribution in [2.45, 2.75) is 12.5 Å². The topological polar surface area (TPSA) is 69.2 Å². The normalized spacial score (nSPS) is 12.2. The molecule has 1 atom stereocenters. The lowest BCUT2D eigenvalue weighted by molar-refractivity contribution is -0.384. The van der Waals surface area contributed by atoms with Crippen molar-refractivity contribution in [1.29, 1.82) is 0 Å². The highest BCUT2D eigenvalue weighted by Gasteiger charge is 2.10. The van der Waals surface area contributed by atoms with Crippen LogP contribution in [0.2, 0.25) is 0 Å². The molecule has 0 saturated heterocycles. The van der Waals surface area contributed by atoms with Gasteiger partial charge in [0.05, 0.1) is 4.92 Å². The highest BCUT2D eigenvalue weighted by atomic mass is 79.9. The van der Waals surface area contributed by atoms with Crippen molar-refractivity contribution < 1.29 is 4.92 Å². The molecule has 0 aliphatic rings. The molecule has 20 heavy (non-hydrogen) atoms. The van der Waals surface area contributed by atoms with Crippen LogP contribution in [-0.4, -0.2) is 4.92 Å². The molecule has 2 N–H and O–H groups in total. The molecule has 104 valence electrons. The molecule has 0 amide bonds. The molecule has 1 unspecified atom stereocenters. The Bertz CT molecular complexity index is 609. The second-order valence-corrected chi connectivity index (χ2v) is 6.27. The van der Waals surface area contributed by atoms with E-state index in [0.29, 0.717) is 6.42 Å². The molecular formula is C14H12Br2N2O2. The van der Waals surface area contributed by atoms with Crippen molar-refractivity contribution in [3.8, 4) is 0 Å². The Balaban J connectivity index is 2.14. The third kappa shape index (κ3) is 3.88. The van der Waals surface area contributed by atoms with Crippen LogP contribution in [-0.2, 0) is 6.42 Å². The van der Waals surface area contributed by atoms with Gasteiger partial charge in [-0.25, -0.2) is 0 Å². The minimum absolute atomic E-state index is 0.0903. The SMILES string of the molecule is NC(Cc1ccc([N+](=O)[O-])cc1)c1cc(Br)cc(Br)c1. The van der Waals surface area contributed by atoms with Crippen molar-refractivity contribution in [1.82, 2.24) is 0 Å². The number of hydrogen-bond donors (Lipinski definition) is 1. The van der Waals surface area contributed by atoms with E-state index in [1.165, 1.54) is 12.1 Å². The number of benzene rings is 2. The summed E-state index contributed by atoms with van der Waals surface area (Å²) in [5, 5.41) is 10.6. The quantitative estimate of drug-likeness (QED) is 0.613. The number of nitro benzene ring substituents is 1. The van der Waals surface area contributed by atoms with Gasteiger partial charge < -0.3 is 5.73 Å². The number of rotatable bonds is 4. The molecule has 0 spiro atoms. The first kappa shape index (κ1) is 15.2. The second kappa shape index (κ2) is 6.47. The summed E-state index contributed by atoms with van der Waals surface area (Å²) >= 11 is 6.86. The van der Waals surface area contributed by atoms with Crippen LogP contribution in [0.25, 0.3) is 0 Å². The number of nitro groups is 1. The summed E-state index contributed by atoms with van der Waals surface area (Å²) in [4.78, 5) is 10.2. The molecule has 0 heterocycles. The summed E-state index contributed by atoms with van der Waals surface area (Å²) in [6.07, 6.45) is 0.626. The maximum absolute atomic E-state index is 10.6. The van der Waals surface area contributed by atoms with Crippen LogP contribution in [0.5, 0.6) is 0 Å². The molecule has 0 bridgehead atoms. The Morgan fingerprint density at radius 1 is 1.10 bits per heavy atom. The zero-order valence-corrected chi connectivity index (χ0v) is 13.6. The van der Waals surface area contributed by atoms with Crippen LogP contribution in [0.3, 0.4) is 0 Å². The van der Waals surface area contributed by atoms with Crippen LogP contribution in [0.4, 0.5) is 5.69 Å². The van der Waals surface area contributed by atoms with E-state index in [1.54, 1.807) is 12.1 Å². The molecule has 0 aliphatic carbocycles. The number of nitrogens with two attached hydrogens (primary N) is 1. The van der Waals surface area contributed by atoms with E-state index in [-0.39, 0.29) is 11.7 Å². The molecule has 2 aromatic rings. The zero-order valence-electron chi connectivity index (χ0n) is 10.4. The molecule has 2 aromatic carbocycles. The monoisotopic (exact) mass is 398 g/mol. The van der Waals surface area contributed by atoms with Crippen LogP contribution in [0.15, 0.2) is 51.4 Å². The Kier molecular flexibility index (Phi) is 4.91. The van der Waals surface area contributed by atoms with Crippen LogP contribution < -0.4 is 5.73 Å². The van der Waals surface area contributed by atoms with Gasteiger partial charge in [0.15, 0.2) is 0 Å². The number of halogens is 2. The standard InChI is InChI=1S/C14H12Br2N2O2/c15-11-6-10(7-12(16)8-11)14(17)5-9-1-3-13(4-2-9)18(19)20/h1-4,6-8,14H,5,17H2. The fraction of sp³-hybridized carbons (Fsp3) is 0.143. The molecule has 0 radical (unpaired) electrons. The smallest absolute Gasteiger partial charge is 0.269 e. The molecule has 4 nitrogen and oxygen atoms in total. The van der Waals surface area contributed by atoms with Gasteiger partial charge in [0.2, 0.25) is 0 Å². The highest BCUT2D eigenvalue weighted by molar-refractivity contribution is 9.11. The summed E-state index contributed by atoms with van der Waals surface area (Å²) in [5.74, 6) is 0. The van der Waals surface area contributed by atoms with Crippen molar-refractivity contribution in [3.05, 3.63) is 72.7 Å². The second-order valence-electron chi connectivity index (χ2n) is 4.44. The van der Waals surface area contributed by atoms with Crippen molar-refractivity contribution >= 4 is 37.5 Å². The van der Waals surface area contributed by atoms with E-state index >= 15 is 0 Å². The van der Waals surface area contributed by atoms with E-state index in [0.717, 1.165) is 20.1 Å². The van der Waals surface area contributed by atoms with Gasteiger partial charge in [0, 0.05) is 27.1 Å². The first-order chi connectivity index (χ1) is 9.45. The average Bonchev–Trinajstić information content (AvgIpc) is 2.38. The van der Waals surface area contributed by atoms with Crippen LogP contribution >= 0.6 is 31.9 Å². The van der Waals surface area contributed by atoms with Gasteiger partial charge in [-0.15, -0.1) is 0 Å². The predicted molar refractivity (Wildman–Crippen MR) is 85.6 cm³/mol. The first-order valence-electron chi connectivity index (χ1n) is 5.90. The van der Waals surface area contributed by atoms with E-state index in [2.05, 4.69) is 31.9 Å². The third-order valence-electron chi connectivity index (χ3n) is 2.92. The number of nitrogens with zero attached hydrogens (tertiary/aromatic N) is 1. The summed E-state index contributed by atoms with van der Waals surface area (Å²) in [7, 11) is 0. The molecule has 0 saturated carbocycles.